The van der Waals surface area contributed by atoms with Crippen molar-refractivity contribution < 1.29 is 0 Å². The summed E-state index contributed by atoms with van der Waals surface area (Å²) in [5.74, 6) is 1.85. The minimum atomic E-state index is 0.556. The Balaban J connectivity index is 1.12. The molecule has 3 aliphatic heterocycles. The number of aromatic nitrogens is 3. The van der Waals surface area contributed by atoms with Gasteiger partial charge in [0.15, 0.2) is 0 Å². The summed E-state index contributed by atoms with van der Waals surface area (Å²) in [5.41, 5.74) is 6.46. The van der Waals surface area contributed by atoms with E-state index in [1.807, 2.05) is 12.3 Å². The first-order valence-corrected chi connectivity index (χ1v) is 11.5. The fourth-order valence-corrected chi connectivity index (χ4v) is 6.92. The van der Waals surface area contributed by atoms with Crippen LogP contribution >= 0.6 is 11.6 Å². The fraction of sp³-hybridized carbons (Fsp3) is 0.458. The predicted molar refractivity (Wildman–Crippen MR) is 117 cm³/mol. The van der Waals surface area contributed by atoms with Gasteiger partial charge in [-0.3, -0.25) is 14.9 Å². The van der Waals surface area contributed by atoms with Crippen molar-refractivity contribution in [2.75, 3.05) is 13.1 Å². The second-order valence-corrected chi connectivity index (χ2v) is 9.94. The van der Waals surface area contributed by atoms with Gasteiger partial charge in [-0.05, 0) is 66.0 Å². The number of halogens is 1. The monoisotopic (exact) mass is 417 g/mol. The summed E-state index contributed by atoms with van der Waals surface area (Å²) in [4.78, 5) is 16.2. The van der Waals surface area contributed by atoms with Crippen molar-refractivity contribution in [1.82, 2.24) is 25.2 Å². The summed E-state index contributed by atoms with van der Waals surface area (Å²) >= 11 is 5.99. The Labute approximate surface area is 180 Å². The van der Waals surface area contributed by atoms with Gasteiger partial charge in [0.25, 0.3) is 0 Å². The lowest BCUT2D eigenvalue weighted by molar-refractivity contribution is 0.122. The van der Waals surface area contributed by atoms with Gasteiger partial charge in [0.1, 0.15) is 5.15 Å². The molecular weight excluding hydrogens is 394 g/mol. The third-order valence-corrected chi connectivity index (χ3v) is 8.29. The highest BCUT2D eigenvalue weighted by Crippen LogP contribution is 2.50. The average molecular weight is 418 g/mol. The summed E-state index contributed by atoms with van der Waals surface area (Å²) in [6.45, 7) is 2.36. The molecule has 1 N–H and O–H groups in total. The molecule has 2 aromatic heterocycles. The minimum absolute atomic E-state index is 0.556. The molecule has 0 radical (unpaired) electrons. The minimum Gasteiger partial charge on any atom is -0.309 e. The molecule has 3 aromatic rings. The van der Waals surface area contributed by atoms with Crippen molar-refractivity contribution in [1.29, 1.82) is 0 Å². The smallest absolute Gasteiger partial charge is 0.129 e. The van der Waals surface area contributed by atoms with E-state index in [9.17, 15) is 0 Å². The molecule has 30 heavy (non-hydrogen) atoms. The first-order valence-electron chi connectivity index (χ1n) is 11.1. The number of hydrogen-bond donors (Lipinski definition) is 1. The third-order valence-electron chi connectivity index (χ3n) is 8.06. The summed E-state index contributed by atoms with van der Waals surface area (Å²) < 4.78 is 0. The molecule has 1 aromatic carbocycles. The molecule has 5 nitrogen and oxygen atoms in total. The lowest BCUT2D eigenvalue weighted by Gasteiger charge is -2.40. The Hall–Kier alpha value is -2.08. The lowest BCUT2D eigenvalue weighted by Crippen LogP contribution is -2.48. The molecule has 0 saturated carbocycles. The normalized spacial score (nSPS) is 34.6. The maximum atomic E-state index is 5.99. The van der Waals surface area contributed by atoms with E-state index in [0.29, 0.717) is 41.0 Å². The second kappa shape index (κ2) is 6.46. The van der Waals surface area contributed by atoms with Gasteiger partial charge >= 0.3 is 0 Å². The molecule has 5 heterocycles. The zero-order chi connectivity index (χ0) is 19.8. The number of hydrogen-bond acceptors (Lipinski definition) is 5. The van der Waals surface area contributed by atoms with Gasteiger partial charge in [-0.25, -0.2) is 4.98 Å². The molecule has 4 aliphatic rings. The van der Waals surface area contributed by atoms with Crippen LogP contribution in [0.1, 0.15) is 53.7 Å². The van der Waals surface area contributed by atoms with Crippen LogP contribution in [0.3, 0.4) is 0 Å². The van der Waals surface area contributed by atoms with Crippen LogP contribution in [0.5, 0.6) is 0 Å². The quantitative estimate of drug-likeness (QED) is 0.642. The standard InChI is InChI=1S/C24H24ClN5/c25-24-2-1-13(10-28-24)18-8-22-23(9-19(18)29-22)30-11-14-5-15(12-30)17-7-21-20(6-16(14)17)26-3-4-27-21/h1-4,6-7,10,14-15,18-19,22-23,29H,5,8-9,11-12H2/t14-,15+,18?,19?,22?,23?. The van der Waals surface area contributed by atoms with Gasteiger partial charge < -0.3 is 5.32 Å². The van der Waals surface area contributed by atoms with Gasteiger partial charge in [-0.15, -0.1) is 0 Å². The van der Waals surface area contributed by atoms with Gasteiger partial charge in [0, 0.05) is 55.7 Å². The summed E-state index contributed by atoms with van der Waals surface area (Å²) in [7, 11) is 0. The topological polar surface area (TPSA) is 53.9 Å². The van der Waals surface area contributed by atoms with E-state index in [-0.39, 0.29) is 0 Å². The molecule has 152 valence electrons. The molecule has 7 rings (SSSR count). The molecular formula is C24H24ClN5. The number of rotatable bonds is 2. The van der Waals surface area contributed by atoms with E-state index in [1.165, 1.54) is 49.0 Å². The highest BCUT2D eigenvalue weighted by molar-refractivity contribution is 6.29. The Morgan fingerprint density at radius 2 is 1.60 bits per heavy atom. The van der Waals surface area contributed by atoms with E-state index < -0.39 is 0 Å². The lowest BCUT2D eigenvalue weighted by atomic mass is 9.80. The molecule has 3 saturated heterocycles. The molecule has 4 bridgehead atoms. The third kappa shape index (κ3) is 2.58. The number of nitrogens with one attached hydrogen (secondary N) is 1. The first kappa shape index (κ1) is 17.6. The fourth-order valence-electron chi connectivity index (χ4n) is 6.81. The second-order valence-electron chi connectivity index (χ2n) is 9.55. The number of likely N-dealkylation sites (tertiary alicyclic amines) is 1. The molecule has 0 amide bonds. The summed E-state index contributed by atoms with van der Waals surface area (Å²) in [6, 6.07) is 10.5. The van der Waals surface area contributed by atoms with Crippen molar-refractivity contribution in [2.24, 2.45) is 0 Å². The van der Waals surface area contributed by atoms with E-state index in [2.05, 4.69) is 43.4 Å². The van der Waals surface area contributed by atoms with Crippen LogP contribution in [0.4, 0.5) is 0 Å². The van der Waals surface area contributed by atoms with Crippen molar-refractivity contribution in [2.45, 2.75) is 55.1 Å². The number of fused-ring (bicyclic) bond motifs is 8. The molecule has 6 heteroatoms. The van der Waals surface area contributed by atoms with Crippen LogP contribution in [-0.4, -0.2) is 51.1 Å². The van der Waals surface area contributed by atoms with Crippen LogP contribution in [0.25, 0.3) is 11.0 Å². The van der Waals surface area contributed by atoms with Crippen LogP contribution in [0, 0.1) is 0 Å². The maximum absolute atomic E-state index is 5.99. The Kier molecular flexibility index (Phi) is 3.79. The predicted octanol–water partition coefficient (Wildman–Crippen LogP) is 3.85. The Morgan fingerprint density at radius 1 is 0.867 bits per heavy atom. The van der Waals surface area contributed by atoms with Crippen molar-refractivity contribution in [3.05, 3.63) is 64.7 Å². The molecule has 3 fully saturated rings. The molecule has 6 atom stereocenters. The van der Waals surface area contributed by atoms with Crippen molar-refractivity contribution >= 4 is 22.6 Å². The van der Waals surface area contributed by atoms with E-state index in [1.54, 1.807) is 12.4 Å². The van der Waals surface area contributed by atoms with Gasteiger partial charge in [-0.1, -0.05) is 17.7 Å². The Bertz CT molecular complexity index is 1080. The largest absolute Gasteiger partial charge is 0.309 e. The molecule has 0 spiro atoms. The molecule has 1 aliphatic carbocycles. The Morgan fingerprint density at radius 3 is 2.20 bits per heavy atom. The zero-order valence-corrected chi connectivity index (χ0v) is 17.5. The zero-order valence-electron chi connectivity index (χ0n) is 16.7. The van der Waals surface area contributed by atoms with Gasteiger partial charge in [0.05, 0.1) is 11.0 Å². The first-order chi connectivity index (χ1) is 14.7. The van der Waals surface area contributed by atoms with E-state index in [4.69, 9.17) is 11.6 Å². The number of nitrogens with zero attached hydrogens (tertiary/aromatic N) is 4. The maximum Gasteiger partial charge on any atom is 0.129 e. The van der Waals surface area contributed by atoms with Crippen LogP contribution < -0.4 is 5.32 Å². The number of pyridine rings is 1. The summed E-state index contributed by atoms with van der Waals surface area (Å²) in [5, 5.41) is 4.49. The van der Waals surface area contributed by atoms with Gasteiger partial charge in [-0.2, -0.15) is 0 Å². The van der Waals surface area contributed by atoms with Crippen LogP contribution in [0.15, 0.2) is 42.9 Å². The number of piperidine rings is 1. The highest BCUT2D eigenvalue weighted by atomic mass is 35.5. The average Bonchev–Trinajstić information content (AvgIpc) is 3.45. The van der Waals surface area contributed by atoms with Crippen LogP contribution in [0.2, 0.25) is 5.15 Å². The van der Waals surface area contributed by atoms with Crippen molar-refractivity contribution in [3.63, 3.8) is 0 Å². The SMILES string of the molecule is Clc1ccc(C2CC3NC2CC3N2C[C@H]3C[C@@H](C2)c2cc4nccnc4cc23)cn1. The molecule has 4 unspecified atom stereocenters. The van der Waals surface area contributed by atoms with Gasteiger partial charge in [0.2, 0.25) is 0 Å². The summed E-state index contributed by atoms with van der Waals surface area (Å²) in [6.07, 6.45) is 9.30. The number of benzene rings is 1. The van der Waals surface area contributed by atoms with E-state index >= 15 is 0 Å². The van der Waals surface area contributed by atoms with Crippen LogP contribution in [-0.2, 0) is 0 Å². The highest BCUT2D eigenvalue weighted by Gasteiger charge is 2.50. The van der Waals surface area contributed by atoms with Crippen molar-refractivity contribution in [3.8, 4) is 0 Å². The van der Waals surface area contributed by atoms with E-state index in [0.717, 1.165) is 11.0 Å².